The topological polar surface area (TPSA) is 86.1 Å². The fourth-order valence-electron chi connectivity index (χ4n) is 3.90. The Morgan fingerprint density at radius 1 is 1.09 bits per heavy atom. The number of hydrogen-bond donors (Lipinski definition) is 1. The van der Waals surface area contributed by atoms with E-state index in [0.717, 1.165) is 21.3 Å². The van der Waals surface area contributed by atoms with E-state index in [-0.39, 0.29) is 17.2 Å². The average Bonchev–Trinajstić information content (AvgIpc) is 3.25. The van der Waals surface area contributed by atoms with Crippen molar-refractivity contribution >= 4 is 55.3 Å². The molecular weight excluding hydrogens is 480 g/mol. The van der Waals surface area contributed by atoms with Gasteiger partial charge in [-0.3, -0.25) is 14.2 Å². The second-order valence-electron chi connectivity index (χ2n) is 8.04. The quantitative estimate of drug-likeness (QED) is 0.249. The van der Waals surface area contributed by atoms with Gasteiger partial charge >= 0.3 is 0 Å². The summed E-state index contributed by atoms with van der Waals surface area (Å²) in [5.74, 6) is 0.475. The maximum absolute atomic E-state index is 13.4. The molecule has 2 aromatic heterocycles. The van der Waals surface area contributed by atoms with Gasteiger partial charge in [0.25, 0.3) is 5.56 Å². The Morgan fingerprint density at radius 3 is 2.74 bits per heavy atom. The van der Waals surface area contributed by atoms with Gasteiger partial charge in [-0.25, -0.2) is 9.97 Å². The van der Waals surface area contributed by atoms with Crippen LogP contribution in [0.1, 0.15) is 11.1 Å². The van der Waals surface area contributed by atoms with E-state index in [4.69, 9.17) is 9.72 Å². The highest BCUT2D eigenvalue weighted by Gasteiger charge is 2.16. The number of ether oxygens (including phenoxy) is 1. The molecule has 35 heavy (non-hydrogen) atoms. The first kappa shape index (κ1) is 23.1. The van der Waals surface area contributed by atoms with Gasteiger partial charge in [-0.2, -0.15) is 0 Å². The summed E-state index contributed by atoms with van der Waals surface area (Å²) < 4.78 is 7.89. The molecule has 0 aliphatic rings. The summed E-state index contributed by atoms with van der Waals surface area (Å²) >= 11 is 2.65. The van der Waals surface area contributed by atoms with E-state index < -0.39 is 0 Å². The third kappa shape index (κ3) is 4.65. The maximum atomic E-state index is 13.4. The van der Waals surface area contributed by atoms with Crippen LogP contribution in [0.15, 0.2) is 70.6 Å². The molecule has 0 unspecified atom stereocenters. The molecule has 0 saturated heterocycles. The molecule has 0 atom stereocenters. The summed E-state index contributed by atoms with van der Waals surface area (Å²) in [5, 5.41) is 4.37. The van der Waals surface area contributed by atoms with Crippen LogP contribution in [0.3, 0.4) is 0 Å². The fraction of sp³-hybridized carbons (Fsp3) is 0.154. The Hall–Kier alpha value is -3.69. The molecule has 1 amide bonds. The summed E-state index contributed by atoms with van der Waals surface area (Å²) in [7, 11) is 1.57. The van der Waals surface area contributed by atoms with Crippen molar-refractivity contribution < 1.29 is 9.53 Å². The van der Waals surface area contributed by atoms with Crippen LogP contribution in [0.25, 0.3) is 26.8 Å². The molecule has 2 heterocycles. The number of methoxy groups -OCH3 is 1. The zero-order chi connectivity index (χ0) is 24.5. The van der Waals surface area contributed by atoms with E-state index in [2.05, 4.69) is 22.4 Å². The number of fused-ring (bicyclic) bond motifs is 2. The van der Waals surface area contributed by atoms with E-state index in [1.807, 2.05) is 44.2 Å². The Bertz CT molecular complexity index is 1640. The highest BCUT2D eigenvalue weighted by Crippen LogP contribution is 2.30. The number of aromatic nitrogens is 3. The van der Waals surface area contributed by atoms with E-state index in [0.29, 0.717) is 32.6 Å². The number of amides is 1. The molecule has 3 aromatic carbocycles. The van der Waals surface area contributed by atoms with Crippen LogP contribution in [-0.4, -0.2) is 33.3 Å². The van der Waals surface area contributed by atoms with Crippen LogP contribution < -0.4 is 15.6 Å². The third-order valence-corrected chi connectivity index (χ3v) is 7.32. The van der Waals surface area contributed by atoms with Gasteiger partial charge in [-0.1, -0.05) is 47.4 Å². The molecule has 0 fully saturated rings. The number of benzene rings is 3. The third-order valence-electron chi connectivity index (χ3n) is 5.47. The summed E-state index contributed by atoms with van der Waals surface area (Å²) in [4.78, 5) is 35.5. The standard InChI is InChI=1S/C26H22N4O3S2/c1-15-11-16(2)23-21(12-15)35-25(29-23)28-22(31)14-34-26-27-20-10-5-4-9-19(20)24(32)30(26)17-7-6-8-18(13-17)33-3/h4-13H,14H2,1-3H3,(H,28,29,31). The molecule has 5 aromatic rings. The molecule has 176 valence electrons. The largest absolute Gasteiger partial charge is 0.497 e. The number of rotatable bonds is 6. The number of nitrogens with zero attached hydrogens (tertiary/aromatic N) is 3. The highest BCUT2D eigenvalue weighted by molar-refractivity contribution is 7.99. The van der Waals surface area contributed by atoms with Crippen LogP contribution in [0, 0.1) is 13.8 Å². The van der Waals surface area contributed by atoms with Crippen molar-refractivity contribution in [3.8, 4) is 11.4 Å². The second-order valence-corrected chi connectivity index (χ2v) is 10.0. The van der Waals surface area contributed by atoms with Crippen molar-refractivity contribution in [1.82, 2.24) is 14.5 Å². The molecule has 9 heteroatoms. The molecular formula is C26H22N4O3S2. The van der Waals surface area contributed by atoms with Gasteiger partial charge in [0, 0.05) is 6.07 Å². The maximum Gasteiger partial charge on any atom is 0.266 e. The lowest BCUT2D eigenvalue weighted by Gasteiger charge is -2.14. The first-order chi connectivity index (χ1) is 16.9. The highest BCUT2D eigenvalue weighted by atomic mass is 32.2. The predicted molar refractivity (Wildman–Crippen MR) is 142 cm³/mol. The zero-order valence-electron chi connectivity index (χ0n) is 19.4. The SMILES string of the molecule is COc1cccc(-n2c(SCC(=O)Nc3nc4c(C)cc(C)cc4s3)nc3ccccc3c2=O)c1. The molecule has 7 nitrogen and oxygen atoms in total. The number of thioether (sulfide) groups is 1. The number of thiazole rings is 1. The minimum Gasteiger partial charge on any atom is -0.497 e. The van der Waals surface area contributed by atoms with Crippen LogP contribution in [0.5, 0.6) is 5.75 Å². The molecule has 0 radical (unpaired) electrons. The number of hydrogen-bond acceptors (Lipinski definition) is 7. The summed E-state index contributed by atoms with van der Waals surface area (Å²) in [6.45, 7) is 4.05. The normalized spacial score (nSPS) is 11.2. The van der Waals surface area contributed by atoms with E-state index in [1.54, 1.807) is 25.3 Å². The van der Waals surface area contributed by atoms with Crippen molar-refractivity contribution in [1.29, 1.82) is 0 Å². The van der Waals surface area contributed by atoms with Crippen molar-refractivity contribution in [3.05, 3.63) is 82.1 Å². The number of nitrogens with one attached hydrogen (secondary N) is 1. The molecule has 0 bridgehead atoms. The fourth-order valence-corrected chi connectivity index (χ4v) is 5.77. The lowest BCUT2D eigenvalue weighted by molar-refractivity contribution is -0.113. The van der Waals surface area contributed by atoms with Crippen molar-refractivity contribution in [2.75, 3.05) is 18.2 Å². The Balaban J connectivity index is 1.45. The Morgan fingerprint density at radius 2 is 1.91 bits per heavy atom. The van der Waals surface area contributed by atoms with Crippen molar-refractivity contribution in [2.45, 2.75) is 19.0 Å². The van der Waals surface area contributed by atoms with Crippen LogP contribution in [0.2, 0.25) is 0 Å². The first-order valence-electron chi connectivity index (χ1n) is 10.9. The summed E-state index contributed by atoms with van der Waals surface area (Å²) in [6.07, 6.45) is 0. The van der Waals surface area contributed by atoms with Crippen LogP contribution in [0.4, 0.5) is 5.13 Å². The Kier molecular flexibility index (Phi) is 6.27. The summed E-state index contributed by atoms with van der Waals surface area (Å²) in [5.41, 5.74) is 4.12. The smallest absolute Gasteiger partial charge is 0.266 e. The predicted octanol–water partition coefficient (Wildman–Crippen LogP) is 5.35. The average molecular weight is 503 g/mol. The van der Waals surface area contributed by atoms with Crippen molar-refractivity contribution in [3.63, 3.8) is 0 Å². The van der Waals surface area contributed by atoms with E-state index >= 15 is 0 Å². The van der Waals surface area contributed by atoms with Gasteiger partial charge in [-0.05, 0) is 55.3 Å². The molecule has 0 aliphatic heterocycles. The van der Waals surface area contributed by atoms with Gasteiger partial charge < -0.3 is 10.1 Å². The minimum absolute atomic E-state index is 0.0721. The van der Waals surface area contributed by atoms with E-state index in [1.165, 1.54) is 27.7 Å². The monoisotopic (exact) mass is 502 g/mol. The number of carbonyl (C=O) groups is 1. The van der Waals surface area contributed by atoms with Gasteiger partial charge in [0.15, 0.2) is 10.3 Å². The molecule has 0 saturated carbocycles. The van der Waals surface area contributed by atoms with Crippen molar-refractivity contribution in [2.24, 2.45) is 0 Å². The number of carbonyl (C=O) groups excluding carboxylic acids is 1. The Labute approximate surface area is 209 Å². The van der Waals surface area contributed by atoms with Gasteiger partial charge in [-0.15, -0.1) is 0 Å². The number of anilines is 1. The van der Waals surface area contributed by atoms with Gasteiger partial charge in [0.1, 0.15) is 5.75 Å². The molecule has 5 rings (SSSR count). The molecule has 0 spiro atoms. The van der Waals surface area contributed by atoms with Crippen LogP contribution >= 0.6 is 23.1 Å². The zero-order valence-corrected chi connectivity index (χ0v) is 21.0. The lowest BCUT2D eigenvalue weighted by Crippen LogP contribution is -2.23. The van der Waals surface area contributed by atoms with Crippen LogP contribution in [-0.2, 0) is 4.79 Å². The van der Waals surface area contributed by atoms with Gasteiger partial charge in [0.2, 0.25) is 5.91 Å². The van der Waals surface area contributed by atoms with E-state index in [9.17, 15) is 9.59 Å². The summed E-state index contributed by atoms with van der Waals surface area (Å²) in [6, 6.07) is 18.5. The number of aryl methyl sites for hydroxylation is 2. The first-order valence-corrected chi connectivity index (χ1v) is 12.7. The molecule has 1 N–H and O–H groups in total. The minimum atomic E-state index is -0.219. The molecule has 0 aliphatic carbocycles. The van der Waals surface area contributed by atoms with Gasteiger partial charge in [0.05, 0.1) is 39.7 Å². The second kappa shape index (κ2) is 9.52. The lowest BCUT2D eigenvalue weighted by atomic mass is 10.1. The number of para-hydroxylation sites is 1.